The van der Waals surface area contributed by atoms with Gasteiger partial charge >= 0.3 is 6.18 Å². The van der Waals surface area contributed by atoms with Gasteiger partial charge in [-0.3, -0.25) is 9.59 Å². The highest BCUT2D eigenvalue weighted by Gasteiger charge is 2.54. The van der Waals surface area contributed by atoms with Gasteiger partial charge in [-0.2, -0.15) is 13.2 Å². The Labute approximate surface area is 104 Å². The summed E-state index contributed by atoms with van der Waals surface area (Å²) in [5.41, 5.74) is -2.76. The Hall–Kier alpha value is -1.27. The Morgan fingerprint density at radius 2 is 1.72 bits per heavy atom. The molecule has 104 valence electrons. The second-order valence-corrected chi connectivity index (χ2v) is 5.21. The van der Waals surface area contributed by atoms with Crippen LogP contribution in [0.2, 0.25) is 0 Å². The SMILES string of the molecule is CCC1(C)C(=O)NC(C)(C)C(=O)N1CC(F)(F)F. The molecule has 1 unspecified atom stereocenters. The third-order valence-electron chi connectivity index (χ3n) is 3.32. The molecular weight excluding hydrogens is 249 g/mol. The zero-order valence-corrected chi connectivity index (χ0v) is 10.8. The second kappa shape index (κ2) is 4.13. The van der Waals surface area contributed by atoms with Crippen LogP contribution >= 0.6 is 0 Å². The number of rotatable bonds is 2. The lowest BCUT2D eigenvalue weighted by Crippen LogP contribution is -2.74. The van der Waals surface area contributed by atoms with Gasteiger partial charge in [-0.15, -0.1) is 0 Å². The molecule has 0 aromatic rings. The summed E-state index contributed by atoms with van der Waals surface area (Å²) in [5, 5.41) is 2.47. The van der Waals surface area contributed by atoms with Gasteiger partial charge in [0.15, 0.2) is 0 Å². The molecule has 1 aliphatic rings. The van der Waals surface area contributed by atoms with Crippen LogP contribution in [0, 0.1) is 0 Å². The van der Waals surface area contributed by atoms with Crippen LogP contribution in [0.3, 0.4) is 0 Å². The van der Waals surface area contributed by atoms with E-state index in [-0.39, 0.29) is 6.42 Å². The minimum absolute atomic E-state index is 0.122. The number of nitrogens with one attached hydrogen (secondary N) is 1. The van der Waals surface area contributed by atoms with Crippen LogP contribution in [0.25, 0.3) is 0 Å². The molecule has 0 aromatic carbocycles. The maximum absolute atomic E-state index is 12.5. The minimum Gasteiger partial charge on any atom is -0.340 e. The highest BCUT2D eigenvalue weighted by molar-refractivity contribution is 6.01. The lowest BCUT2D eigenvalue weighted by molar-refractivity contribution is -0.185. The Balaban J connectivity index is 3.19. The van der Waals surface area contributed by atoms with Gasteiger partial charge in [0.25, 0.3) is 0 Å². The van der Waals surface area contributed by atoms with Gasteiger partial charge in [0, 0.05) is 0 Å². The standard InChI is InChI=1S/C11H17F3N2O2/c1-5-10(4)7(17)15-9(2,3)8(18)16(10)6-11(12,13)14/h5-6H2,1-4H3,(H,15,17). The van der Waals surface area contributed by atoms with Crippen molar-refractivity contribution in [3.8, 4) is 0 Å². The Bertz CT molecular complexity index is 379. The normalized spacial score (nSPS) is 28.3. The highest BCUT2D eigenvalue weighted by atomic mass is 19.4. The molecule has 1 rings (SSSR count). The number of alkyl halides is 3. The molecule has 1 N–H and O–H groups in total. The van der Waals surface area contributed by atoms with Crippen LogP contribution in [-0.4, -0.2) is 40.5 Å². The maximum atomic E-state index is 12.5. The molecule has 1 heterocycles. The maximum Gasteiger partial charge on any atom is 0.406 e. The third kappa shape index (κ3) is 2.44. The van der Waals surface area contributed by atoms with Crippen LogP contribution in [-0.2, 0) is 9.59 Å². The van der Waals surface area contributed by atoms with Gasteiger partial charge in [-0.25, -0.2) is 0 Å². The van der Waals surface area contributed by atoms with Crippen molar-refractivity contribution in [1.82, 2.24) is 10.2 Å². The number of carbonyl (C=O) groups is 2. The number of halogens is 3. The summed E-state index contributed by atoms with van der Waals surface area (Å²) < 4.78 is 37.6. The number of piperazine rings is 1. The van der Waals surface area contributed by atoms with E-state index in [1.165, 1.54) is 20.8 Å². The topological polar surface area (TPSA) is 49.4 Å². The first-order valence-electron chi connectivity index (χ1n) is 5.65. The number of hydrogen-bond acceptors (Lipinski definition) is 2. The molecule has 1 saturated heterocycles. The van der Waals surface area contributed by atoms with Crippen LogP contribution in [0.15, 0.2) is 0 Å². The predicted molar refractivity (Wildman–Crippen MR) is 58.7 cm³/mol. The van der Waals surface area contributed by atoms with Crippen LogP contribution in [0.1, 0.15) is 34.1 Å². The van der Waals surface area contributed by atoms with Gasteiger partial charge in [-0.1, -0.05) is 6.92 Å². The average Bonchev–Trinajstić information content (AvgIpc) is 2.20. The minimum atomic E-state index is -4.53. The summed E-state index contributed by atoms with van der Waals surface area (Å²) in [6.45, 7) is 4.31. The molecule has 1 aliphatic heterocycles. The quantitative estimate of drug-likeness (QED) is 0.822. The van der Waals surface area contributed by atoms with Crippen molar-refractivity contribution in [1.29, 1.82) is 0 Å². The lowest BCUT2D eigenvalue weighted by atomic mass is 9.86. The molecule has 4 nitrogen and oxygen atoms in total. The van der Waals surface area contributed by atoms with E-state index < -0.39 is 35.6 Å². The van der Waals surface area contributed by atoms with Crippen molar-refractivity contribution < 1.29 is 22.8 Å². The predicted octanol–water partition coefficient (Wildman–Crippen LogP) is 1.45. The van der Waals surface area contributed by atoms with E-state index in [4.69, 9.17) is 0 Å². The molecule has 1 fully saturated rings. The summed E-state index contributed by atoms with van der Waals surface area (Å²) in [4.78, 5) is 24.6. The zero-order chi connectivity index (χ0) is 14.4. The van der Waals surface area contributed by atoms with Crippen molar-refractivity contribution >= 4 is 11.8 Å². The van der Waals surface area contributed by atoms with Gasteiger partial charge in [0.2, 0.25) is 11.8 Å². The van der Waals surface area contributed by atoms with Crippen LogP contribution in [0.4, 0.5) is 13.2 Å². The first-order chi connectivity index (χ1) is 7.94. The lowest BCUT2D eigenvalue weighted by Gasteiger charge is -2.48. The molecule has 0 saturated carbocycles. The first-order valence-corrected chi connectivity index (χ1v) is 5.65. The van der Waals surface area contributed by atoms with Gasteiger partial charge < -0.3 is 10.2 Å². The fourth-order valence-electron chi connectivity index (χ4n) is 1.93. The summed E-state index contributed by atoms with van der Waals surface area (Å²) >= 11 is 0. The Morgan fingerprint density at radius 1 is 1.22 bits per heavy atom. The summed E-state index contributed by atoms with van der Waals surface area (Å²) in [6, 6.07) is 0. The van der Waals surface area contributed by atoms with Crippen molar-refractivity contribution in [3.63, 3.8) is 0 Å². The van der Waals surface area contributed by atoms with Crippen molar-refractivity contribution in [2.45, 2.75) is 51.4 Å². The van der Waals surface area contributed by atoms with Gasteiger partial charge in [0.05, 0.1) is 0 Å². The Kier molecular flexibility index (Phi) is 3.40. The molecule has 1 atom stereocenters. The number of nitrogens with zero attached hydrogens (tertiary/aromatic N) is 1. The van der Waals surface area contributed by atoms with Crippen molar-refractivity contribution in [2.75, 3.05) is 6.54 Å². The average molecular weight is 266 g/mol. The summed E-state index contributed by atoms with van der Waals surface area (Å²) in [5.74, 6) is -1.28. The summed E-state index contributed by atoms with van der Waals surface area (Å²) in [7, 11) is 0. The second-order valence-electron chi connectivity index (χ2n) is 5.21. The van der Waals surface area contributed by atoms with Crippen LogP contribution < -0.4 is 5.32 Å². The number of amides is 2. The van der Waals surface area contributed by atoms with E-state index in [1.54, 1.807) is 6.92 Å². The molecule has 0 spiro atoms. The fourth-order valence-corrected chi connectivity index (χ4v) is 1.93. The fraction of sp³-hybridized carbons (Fsp3) is 0.818. The first kappa shape index (κ1) is 14.8. The number of carbonyl (C=O) groups excluding carboxylic acids is 2. The van der Waals surface area contributed by atoms with E-state index in [0.717, 1.165) is 0 Å². The monoisotopic (exact) mass is 266 g/mol. The molecule has 18 heavy (non-hydrogen) atoms. The molecule has 7 heteroatoms. The van der Waals surface area contributed by atoms with Crippen LogP contribution in [0.5, 0.6) is 0 Å². The molecule has 0 aromatic heterocycles. The van der Waals surface area contributed by atoms with E-state index in [1.807, 2.05) is 0 Å². The zero-order valence-electron chi connectivity index (χ0n) is 10.8. The smallest absolute Gasteiger partial charge is 0.340 e. The summed E-state index contributed by atoms with van der Waals surface area (Å²) in [6.07, 6.45) is -4.41. The van der Waals surface area contributed by atoms with Gasteiger partial charge in [0.1, 0.15) is 17.6 Å². The van der Waals surface area contributed by atoms with E-state index in [0.29, 0.717) is 4.90 Å². The molecular formula is C11H17F3N2O2. The molecule has 0 bridgehead atoms. The molecule has 0 radical (unpaired) electrons. The highest BCUT2D eigenvalue weighted by Crippen LogP contribution is 2.32. The van der Waals surface area contributed by atoms with Gasteiger partial charge in [-0.05, 0) is 27.2 Å². The molecule has 2 amide bonds. The third-order valence-corrected chi connectivity index (χ3v) is 3.32. The largest absolute Gasteiger partial charge is 0.406 e. The molecule has 0 aliphatic carbocycles. The number of hydrogen-bond donors (Lipinski definition) is 1. The Morgan fingerprint density at radius 3 is 2.11 bits per heavy atom. The van der Waals surface area contributed by atoms with Crippen molar-refractivity contribution in [3.05, 3.63) is 0 Å². The van der Waals surface area contributed by atoms with E-state index >= 15 is 0 Å². The van der Waals surface area contributed by atoms with Crippen molar-refractivity contribution in [2.24, 2.45) is 0 Å². The van der Waals surface area contributed by atoms with E-state index in [9.17, 15) is 22.8 Å². The van der Waals surface area contributed by atoms with E-state index in [2.05, 4.69) is 5.32 Å².